The zero-order chi connectivity index (χ0) is 13.0. The fraction of sp³-hybridized carbons (Fsp3) is 0.143. The highest BCUT2D eigenvalue weighted by atomic mass is 16.2. The molecule has 0 saturated heterocycles. The normalized spacial score (nSPS) is 10.2. The van der Waals surface area contributed by atoms with Crippen LogP contribution in [0.1, 0.15) is 15.9 Å². The summed E-state index contributed by atoms with van der Waals surface area (Å²) in [6.07, 6.45) is 4.01. The van der Waals surface area contributed by atoms with E-state index < -0.39 is 5.91 Å². The first-order valence-corrected chi connectivity index (χ1v) is 5.70. The first kappa shape index (κ1) is 12.1. The largest absolute Gasteiger partial charge is 0.365 e. The molecule has 4 nitrogen and oxygen atoms in total. The Kier molecular flexibility index (Phi) is 3.57. The molecular formula is C14H14N2O2. The lowest BCUT2D eigenvalue weighted by Gasteiger charge is -2.07. The molecule has 0 aliphatic rings. The van der Waals surface area contributed by atoms with Crippen LogP contribution in [0.4, 0.5) is 0 Å². The van der Waals surface area contributed by atoms with Crippen molar-refractivity contribution in [2.24, 2.45) is 5.73 Å². The van der Waals surface area contributed by atoms with E-state index in [9.17, 15) is 9.59 Å². The monoisotopic (exact) mass is 242 g/mol. The van der Waals surface area contributed by atoms with Gasteiger partial charge in [-0.15, -0.1) is 0 Å². The second kappa shape index (κ2) is 5.31. The molecule has 18 heavy (non-hydrogen) atoms. The van der Waals surface area contributed by atoms with Crippen molar-refractivity contribution in [2.75, 3.05) is 0 Å². The van der Waals surface area contributed by atoms with Crippen molar-refractivity contribution in [2.45, 2.75) is 13.0 Å². The summed E-state index contributed by atoms with van der Waals surface area (Å²) in [4.78, 5) is 22.4. The molecule has 0 radical (unpaired) electrons. The average Bonchev–Trinajstić information content (AvgIpc) is 2.38. The Labute approximate surface area is 105 Å². The first-order valence-electron chi connectivity index (χ1n) is 5.70. The maximum atomic E-state index is 11.4. The van der Waals surface area contributed by atoms with Crippen LogP contribution in [0, 0.1) is 0 Å². The Morgan fingerprint density at radius 2 is 1.89 bits per heavy atom. The summed E-state index contributed by atoms with van der Waals surface area (Å²) in [5, 5.41) is 0. The summed E-state index contributed by atoms with van der Waals surface area (Å²) in [5.41, 5.74) is 6.04. The number of nitrogens with two attached hydrogens (primary N) is 1. The SMILES string of the molecule is NC(=O)c1cn(CCc2ccccc2)ccc1=O. The number of primary amides is 1. The van der Waals surface area contributed by atoms with E-state index in [0.29, 0.717) is 6.54 Å². The fourth-order valence-electron chi connectivity index (χ4n) is 1.75. The van der Waals surface area contributed by atoms with Crippen molar-refractivity contribution in [3.63, 3.8) is 0 Å². The first-order chi connectivity index (χ1) is 8.66. The zero-order valence-corrected chi connectivity index (χ0v) is 9.87. The zero-order valence-electron chi connectivity index (χ0n) is 9.87. The van der Waals surface area contributed by atoms with Crippen LogP contribution >= 0.6 is 0 Å². The molecule has 1 amide bonds. The maximum Gasteiger partial charge on any atom is 0.254 e. The number of rotatable bonds is 4. The highest BCUT2D eigenvalue weighted by molar-refractivity contribution is 5.92. The van der Waals surface area contributed by atoms with E-state index in [0.717, 1.165) is 6.42 Å². The van der Waals surface area contributed by atoms with Gasteiger partial charge in [0.05, 0.1) is 0 Å². The summed E-state index contributed by atoms with van der Waals surface area (Å²) >= 11 is 0. The minimum Gasteiger partial charge on any atom is -0.365 e. The molecule has 1 heterocycles. The number of benzene rings is 1. The summed E-state index contributed by atoms with van der Waals surface area (Å²) in [7, 11) is 0. The molecule has 0 saturated carbocycles. The third kappa shape index (κ3) is 2.85. The lowest BCUT2D eigenvalue weighted by molar-refractivity contribution is 0.0998. The Balaban J connectivity index is 2.13. The van der Waals surface area contributed by atoms with Crippen LogP contribution in [0.5, 0.6) is 0 Å². The molecule has 0 unspecified atom stereocenters. The Bertz CT molecular complexity index is 603. The minimum absolute atomic E-state index is 0.0329. The maximum absolute atomic E-state index is 11.4. The van der Waals surface area contributed by atoms with Crippen LogP contribution in [-0.4, -0.2) is 10.5 Å². The average molecular weight is 242 g/mol. The molecule has 1 aromatic carbocycles. The predicted molar refractivity (Wildman–Crippen MR) is 69.4 cm³/mol. The van der Waals surface area contributed by atoms with Crippen molar-refractivity contribution in [3.05, 3.63) is 70.1 Å². The summed E-state index contributed by atoms with van der Waals surface area (Å²) in [6.45, 7) is 0.699. The standard InChI is InChI=1S/C14H14N2O2/c15-14(18)12-10-16(9-7-13(12)17)8-6-11-4-2-1-3-5-11/h1-5,7,9-10H,6,8H2,(H2,15,18). The predicted octanol–water partition coefficient (Wildman–Crippen LogP) is 1.19. The van der Waals surface area contributed by atoms with Crippen molar-refractivity contribution < 1.29 is 4.79 Å². The number of hydrogen-bond donors (Lipinski definition) is 1. The number of aromatic nitrogens is 1. The Hall–Kier alpha value is -2.36. The van der Waals surface area contributed by atoms with Gasteiger partial charge < -0.3 is 10.3 Å². The smallest absolute Gasteiger partial charge is 0.254 e. The van der Waals surface area contributed by atoms with Crippen LogP contribution in [0.25, 0.3) is 0 Å². The topological polar surface area (TPSA) is 65.1 Å². The number of nitrogens with zero attached hydrogens (tertiary/aromatic N) is 1. The Morgan fingerprint density at radius 1 is 1.17 bits per heavy atom. The molecule has 4 heteroatoms. The van der Waals surface area contributed by atoms with Gasteiger partial charge in [0.2, 0.25) is 0 Å². The van der Waals surface area contributed by atoms with Crippen LogP contribution in [0.3, 0.4) is 0 Å². The molecule has 0 spiro atoms. The van der Waals surface area contributed by atoms with E-state index in [1.54, 1.807) is 10.8 Å². The van der Waals surface area contributed by atoms with Gasteiger partial charge in [0.1, 0.15) is 5.56 Å². The molecule has 0 bridgehead atoms. The molecule has 2 aromatic rings. The number of carbonyl (C=O) groups excluding carboxylic acids is 1. The van der Waals surface area contributed by atoms with E-state index in [-0.39, 0.29) is 11.0 Å². The second-order valence-electron chi connectivity index (χ2n) is 4.06. The summed E-state index contributed by atoms with van der Waals surface area (Å²) in [6, 6.07) is 11.4. The fourth-order valence-corrected chi connectivity index (χ4v) is 1.75. The molecule has 1 aromatic heterocycles. The number of pyridine rings is 1. The van der Waals surface area contributed by atoms with E-state index >= 15 is 0 Å². The van der Waals surface area contributed by atoms with Crippen molar-refractivity contribution in [1.82, 2.24) is 4.57 Å². The molecule has 0 fully saturated rings. The number of amides is 1. The van der Waals surface area contributed by atoms with Gasteiger partial charge in [0.25, 0.3) is 5.91 Å². The summed E-state index contributed by atoms with van der Waals surface area (Å²) in [5.74, 6) is -0.686. The number of hydrogen-bond acceptors (Lipinski definition) is 2. The number of carbonyl (C=O) groups is 1. The highest BCUT2D eigenvalue weighted by Gasteiger charge is 2.05. The van der Waals surface area contributed by atoms with Crippen molar-refractivity contribution in [3.8, 4) is 0 Å². The molecular weight excluding hydrogens is 228 g/mol. The highest BCUT2D eigenvalue weighted by Crippen LogP contribution is 2.02. The van der Waals surface area contributed by atoms with Gasteiger partial charge in [-0.2, -0.15) is 0 Å². The van der Waals surface area contributed by atoms with Crippen LogP contribution in [-0.2, 0) is 13.0 Å². The van der Waals surface area contributed by atoms with Gasteiger partial charge in [-0.05, 0) is 12.0 Å². The molecule has 2 N–H and O–H groups in total. The van der Waals surface area contributed by atoms with Gasteiger partial charge in [-0.1, -0.05) is 30.3 Å². The van der Waals surface area contributed by atoms with Gasteiger partial charge >= 0.3 is 0 Å². The summed E-state index contributed by atoms with van der Waals surface area (Å²) < 4.78 is 1.80. The third-order valence-corrected chi connectivity index (χ3v) is 2.74. The van der Waals surface area contributed by atoms with Crippen molar-refractivity contribution >= 4 is 5.91 Å². The van der Waals surface area contributed by atoms with Gasteiger partial charge in [0, 0.05) is 25.0 Å². The molecule has 0 aliphatic heterocycles. The molecule has 92 valence electrons. The van der Waals surface area contributed by atoms with Gasteiger partial charge in [0.15, 0.2) is 5.43 Å². The van der Waals surface area contributed by atoms with Gasteiger partial charge in [-0.3, -0.25) is 9.59 Å². The van der Waals surface area contributed by atoms with E-state index in [1.807, 2.05) is 30.3 Å². The second-order valence-corrected chi connectivity index (χ2v) is 4.06. The molecule has 2 rings (SSSR count). The third-order valence-electron chi connectivity index (χ3n) is 2.74. The van der Waals surface area contributed by atoms with Crippen molar-refractivity contribution in [1.29, 1.82) is 0 Å². The lowest BCUT2D eigenvalue weighted by atomic mass is 10.1. The van der Waals surface area contributed by atoms with E-state index in [1.165, 1.54) is 17.8 Å². The van der Waals surface area contributed by atoms with E-state index in [4.69, 9.17) is 5.73 Å². The minimum atomic E-state index is -0.686. The van der Waals surface area contributed by atoms with Crippen LogP contribution in [0.2, 0.25) is 0 Å². The van der Waals surface area contributed by atoms with Crippen LogP contribution < -0.4 is 11.2 Å². The van der Waals surface area contributed by atoms with Crippen LogP contribution in [0.15, 0.2) is 53.6 Å². The van der Waals surface area contributed by atoms with E-state index in [2.05, 4.69) is 0 Å². The quantitative estimate of drug-likeness (QED) is 0.875. The molecule has 0 atom stereocenters. The Morgan fingerprint density at radius 3 is 2.56 bits per heavy atom. The van der Waals surface area contributed by atoms with Gasteiger partial charge in [-0.25, -0.2) is 0 Å². The molecule has 0 aliphatic carbocycles. The number of aryl methyl sites for hydroxylation is 2. The lowest BCUT2D eigenvalue weighted by Crippen LogP contribution is -2.23.